The van der Waals surface area contributed by atoms with Crippen LogP contribution in [0.4, 0.5) is 4.39 Å². The fraction of sp³-hybridized carbons (Fsp3) is 0.100. The van der Waals surface area contributed by atoms with E-state index in [1.807, 2.05) is 46.3 Å². The summed E-state index contributed by atoms with van der Waals surface area (Å²) in [5.74, 6) is -0.509. The summed E-state index contributed by atoms with van der Waals surface area (Å²) in [4.78, 5) is 18.0. The number of benzene rings is 2. The van der Waals surface area contributed by atoms with Gasteiger partial charge in [-0.1, -0.05) is 48.5 Å². The van der Waals surface area contributed by atoms with E-state index in [2.05, 4.69) is 10.3 Å². The van der Waals surface area contributed by atoms with E-state index < -0.39 is 0 Å². The summed E-state index contributed by atoms with van der Waals surface area (Å²) in [6.45, 7) is 0.346. The molecule has 0 saturated carbocycles. The quantitative estimate of drug-likeness (QED) is 0.577. The van der Waals surface area contributed by atoms with E-state index in [1.54, 1.807) is 18.2 Å². The van der Waals surface area contributed by atoms with Crippen LogP contribution in [0.15, 0.2) is 66.2 Å². The van der Waals surface area contributed by atoms with E-state index in [4.69, 9.17) is 0 Å². The molecule has 0 spiro atoms. The first-order chi connectivity index (χ1) is 12.7. The second-order valence-corrected chi connectivity index (χ2v) is 6.70. The molecule has 0 unspecified atom stereocenters. The second kappa shape index (κ2) is 7.09. The Kier molecular flexibility index (Phi) is 4.50. The van der Waals surface area contributed by atoms with Crippen molar-refractivity contribution in [2.75, 3.05) is 6.54 Å². The monoisotopic (exact) mass is 365 g/mol. The van der Waals surface area contributed by atoms with Gasteiger partial charge in [0.05, 0.1) is 5.69 Å². The summed E-state index contributed by atoms with van der Waals surface area (Å²) in [5, 5.41) is 4.80. The van der Waals surface area contributed by atoms with Crippen LogP contribution >= 0.6 is 11.3 Å². The summed E-state index contributed by atoms with van der Waals surface area (Å²) in [6, 6.07) is 16.3. The molecule has 2 aromatic heterocycles. The van der Waals surface area contributed by atoms with Crippen molar-refractivity contribution in [3.05, 3.63) is 83.2 Å². The number of aromatic nitrogens is 2. The molecule has 2 aromatic carbocycles. The standard InChI is InChI=1S/C20H16FN3OS/c21-16-9-5-4-6-14(16)10-11-22-19(25)17-18(15-7-2-1-3-8-15)24-12-13-26-20(24)23-17/h1-9,12-13H,10-11H2,(H,22,25). The number of thiazole rings is 1. The van der Waals surface area contributed by atoms with E-state index in [0.29, 0.717) is 24.2 Å². The number of imidazole rings is 1. The molecule has 4 rings (SSSR count). The molecule has 130 valence electrons. The highest BCUT2D eigenvalue weighted by Crippen LogP contribution is 2.27. The first kappa shape index (κ1) is 16.5. The molecule has 0 aliphatic heterocycles. The van der Waals surface area contributed by atoms with Crippen LogP contribution in [0.2, 0.25) is 0 Å². The smallest absolute Gasteiger partial charge is 0.272 e. The molecule has 6 heteroatoms. The SMILES string of the molecule is O=C(NCCc1ccccc1F)c1nc2sccn2c1-c1ccccc1. The van der Waals surface area contributed by atoms with Crippen LogP contribution in [0.1, 0.15) is 16.1 Å². The van der Waals surface area contributed by atoms with Gasteiger partial charge in [-0.2, -0.15) is 0 Å². The Morgan fingerprint density at radius 3 is 2.69 bits per heavy atom. The molecule has 0 atom stereocenters. The maximum absolute atomic E-state index is 13.7. The fourth-order valence-electron chi connectivity index (χ4n) is 2.91. The Morgan fingerprint density at radius 1 is 1.12 bits per heavy atom. The third-order valence-corrected chi connectivity index (χ3v) is 4.92. The Balaban J connectivity index is 1.57. The minimum Gasteiger partial charge on any atom is -0.350 e. The molecule has 1 N–H and O–H groups in total. The molecule has 4 aromatic rings. The molecule has 1 amide bonds. The van der Waals surface area contributed by atoms with Crippen LogP contribution in [0.5, 0.6) is 0 Å². The zero-order valence-electron chi connectivity index (χ0n) is 13.9. The maximum Gasteiger partial charge on any atom is 0.272 e. The lowest BCUT2D eigenvalue weighted by molar-refractivity contribution is 0.0950. The molecule has 0 fully saturated rings. The number of fused-ring (bicyclic) bond motifs is 1. The molecule has 0 bridgehead atoms. The number of halogens is 1. The third-order valence-electron chi connectivity index (χ3n) is 4.16. The minimum absolute atomic E-state index is 0.254. The molecule has 2 heterocycles. The largest absolute Gasteiger partial charge is 0.350 e. The highest BCUT2D eigenvalue weighted by Gasteiger charge is 2.20. The number of hydrogen-bond acceptors (Lipinski definition) is 3. The van der Waals surface area contributed by atoms with Crippen molar-refractivity contribution in [2.45, 2.75) is 6.42 Å². The van der Waals surface area contributed by atoms with E-state index in [0.717, 1.165) is 16.2 Å². The molecule has 0 aliphatic rings. The van der Waals surface area contributed by atoms with Crippen LogP contribution in [0.3, 0.4) is 0 Å². The van der Waals surface area contributed by atoms with Crippen LogP contribution < -0.4 is 5.32 Å². The van der Waals surface area contributed by atoms with E-state index in [1.165, 1.54) is 17.4 Å². The van der Waals surface area contributed by atoms with Crippen LogP contribution in [-0.4, -0.2) is 21.8 Å². The van der Waals surface area contributed by atoms with Gasteiger partial charge in [-0.05, 0) is 18.1 Å². The highest BCUT2D eigenvalue weighted by molar-refractivity contribution is 7.15. The molecule has 0 radical (unpaired) electrons. The summed E-state index contributed by atoms with van der Waals surface area (Å²) >= 11 is 1.48. The first-order valence-corrected chi connectivity index (χ1v) is 9.14. The Morgan fingerprint density at radius 2 is 1.88 bits per heavy atom. The molecular formula is C20H16FN3OS. The van der Waals surface area contributed by atoms with Crippen molar-refractivity contribution >= 4 is 22.2 Å². The van der Waals surface area contributed by atoms with Gasteiger partial charge >= 0.3 is 0 Å². The summed E-state index contributed by atoms with van der Waals surface area (Å²) in [7, 11) is 0. The summed E-state index contributed by atoms with van der Waals surface area (Å²) < 4.78 is 15.6. The van der Waals surface area contributed by atoms with Crippen molar-refractivity contribution in [1.82, 2.24) is 14.7 Å². The Hall–Kier alpha value is -2.99. The predicted octanol–water partition coefficient (Wildman–Crippen LogP) is 4.17. The normalized spacial score (nSPS) is 11.0. The number of hydrogen-bond donors (Lipinski definition) is 1. The van der Waals surface area contributed by atoms with Gasteiger partial charge in [0.15, 0.2) is 10.7 Å². The van der Waals surface area contributed by atoms with Gasteiger partial charge in [0.2, 0.25) is 0 Å². The predicted molar refractivity (Wildman–Crippen MR) is 101 cm³/mol. The zero-order chi connectivity index (χ0) is 17.9. The average Bonchev–Trinajstić information content (AvgIpc) is 3.25. The Bertz CT molecular complexity index is 1060. The van der Waals surface area contributed by atoms with Crippen LogP contribution in [0, 0.1) is 5.82 Å². The number of nitrogens with zero attached hydrogens (tertiary/aromatic N) is 2. The topological polar surface area (TPSA) is 46.4 Å². The average molecular weight is 365 g/mol. The number of nitrogens with one attached hydrogen (secondary N) is 1. The van der Waals surface area contributed by atoms with E-state index in [9.17, 15) is 9.18 Å². The van der Waals surface area contributed by atoms with Crippen LogP contribution in [0.25, 0.3) is 16.2 Å². The highest BCUT2D eigenvalue weighted by atomic mass is 32.1. The lowest BCUT2D eigenvalue weighted by Gasteiger charge is -2.07. The fourth-order valence-corrected chi connectivity index (χ4v) is 3.63. The number of amides is 1. The number of carbonyl (C=O) groups excluding carboxylic acids is 1. The molecule has 26 heavy (non-hydrogen) atoms. The van der Waals surface area contributed by atoms with Crippen molar-refractivity contribution in [1.29, 1.82) is 0 Å². The van der Waals surface area contributed by atoms with Gasteiger partial charge in [-0.3, -0.25) is 9.20 Å². The maximum atomic E-state index is 13.7. The van der Waals surface area contributed by atoms with Crippen molar-refractivity contribution in [2.24, 2.45) is 0 Å². The number of carbonyl (C=O) groups is 1. The molecule has 4 nitrogen and oxygen atoms in total. The Labute approximate surface area is 153 Å². The van der Waals surface area contributed by atoms with Crippen molar-refractivity contribution in [3.63, 3.8) is 0 Å². The number of rotatable bonds is 5. The van der Waals surface area contributed by atoms with Crippen molar-refractivity contribution < 1.29 is 9.18 Å². The van der Waals surface area contributed by atoms with E-state index in [-0.39, 0.29) is 11.7 Å². The summed E-state index contributed by atoms with van der Waals surface area (Å²) in [5.41, 5.74) is 2.67. The van der Waals surface area contributed by atoms with Gasteiger partial charge in [0.25, 0.3) is 5.91 Å². The van der Waals surface area contributed by atoms with Gasteiger partial charge < -0.3 is 5.32 Å². The lowest BCUT2D eigenvalue weighted by atomic mass is 10.1. The zero-order valence-corrected chi connectivity index (χ0v) is 14.7. The van der Waals surface area contributed by atoms with Gasteiger partial charge in [0, 0.05) is 23.7 Å². The lowest BCUT2D eigenvalue weighted by Crippen LogP contribution is -2.26. The second-order valence-electron chi connectivity index (χ2n) is 5.83. The van der Waals surface area contributed by atoms with E-state index >= 15 is 0 Å². The first-order valence-electron chi connectivity index (χ1n) is 8.26. The third kappa shape index (κ3) is 3.11. The molecular weight excluding hydrogens is 349 g/mol. The van der Waals surface area contributed by atoms with Gasteiger partial charge in [-0.15, -0.1) is 11.3 Å². The molecule has 0 aliphatic carbocycles. The van der Waals surface area contributed by atoms with Crippen molar-refractivity contribution in [3.8, 4) is 11.3 Å². The van der Waals surface area contributed by atoms with Crippen LogP contribution in [-0.2, 0) is 6.42 Å². The van der Waals surface area contributed by atoms with Gasteiger partial charge in [-0.25, -0.2) is 9.37 Å². The van der Waals surface area contributed by atoms with Gasteiger partial charge in [0.1, 0.15) is 5.82 Å². The minimum atomic E-state index is -0.255. The molecule has 0 saturated heterocycles. The summed E-state index contributed by atoms with van der Waals surface area (Å²) in [6.07, 6.45) is 2.34.